The van der Waals surface area contributed by atoms with Gasteiger partial charge in [-0.2, -0.15) is 28.7 Å². The normalized spacial score (nSPS) is 14.9. The summed E-state index contributed by atoms with van der Waals surface area (Å²) in [5.41, 5.74) is 4.39. The van der Waals surface area contributed by atoms with Gasteiger partial charge in [-0.15, -0.1) is 36.6 Å². The Morgan fingerprint density at radius 2 is 1.55 bits per heavy atom. The first-order chi connectivity index (χ1) is 8.92. The zero-order valence-corrected chi connectivity index (χ0v) is 17.8. The molecule has 0 atom stereocenters. The minimum Gasteiger partial charge on any atom is -1.00 e. The molecule has 0 aliphatic heterocycles. The Morgan fingerprint density at radius 1 is 0.955 bits per heavy atom. The number of hydrogen-bond acceptors (Lipinski definition) is 0. The predicted molar refractivity (Wildman–Crippen MR) is 84.1 cm³/mol. The number of benzene rings is 1. The number of allylic oxidation sites excluding steroid dienone is 4. The zero-order valence-electron chi connectivity index (χ0n) is 13.8. The molecule has 0 N–H and O–H groups in total. The third-order valence-electron chi connectivity index (χ3n) is 4.11. The van der Waals surface area contributed by atoms with Crippen LogP contribution in [0.1, 0.15) is 34.6 Å². The summed E-state index contributed by atoms with van der Waals surface area (Å²) in [6, 6.07) is 14.7. The van der Waals surface area contributed by atoms with E-state index in [0.717, 1.165) is 0 Å². The predicted octanol–water partition coefficient (Wildman–Crippen LogP) is -0.324. The Kier molecular flexibility index (Phi) is 10.7. The van der Waals surface area contributed by atoms with Crippen LogP contribution in [0.25, 0.3) is 10.8 Å². The van der Waals surface area contributed by atoms with Gasteiger partial charge in [0.1, 0.15) is 0 Å². The van der Waals surface area contributed by atoms with Crippen LogP contribution < -0.4 is 24.8 Å². The van der Waals surface area contributed by atoms with Crippen molar-refractivity contribution in [2.45, 2.75) is 34.6 Å². The first-order valence-corrected chi connectivity index (χ1v) is 6.82. The van der Waals surface area contributed by atoms with Crippen molar-refractivity contribution in [2.24, 2.45) is 5.41 Å². The smallest absolute Gasteiger partial charge is 1.00 e. The van der Waals surface area contributed by atoms with Gasteiger partial charge in [0.05, 0.1) is 0 Å². The van der Waals surface area contributed by atoms with Crippen LogP contribution in [-0.4, -0.2) is 0 Å². The molecule has 0 saturated carbocycles. The molecule has 3 rings (SSSR count). The Hall–Kier alpha value is -0.227. The van der Waals surface area contributed by atoms with Crippen LogP contribution in [0.3, 0.4) is 0 Å². The maximum Gasteiger partial charge on any atom is 2.00 e. The minimum atomic E-state index is 0. The van der Waals surface area contributed by atoms with Crippen LogP contribution in [0.4, 0.5) is 0 Å². The van der Waals surface area contributed by atoms with Crippen molar-refractivity contribution in [3.8, 4) is 0 Å². The maximum absolute atomic E-state index is 3.44. The van der Waals surface area contributed by atoms with Crippen molar-refractivity contribution in [2.75, 3.05) is 0 Å². The Balaban J connectivity index is 0. The van der Waals surface area contributed by atoms with Crippen molar-refractivity contribution in [3.05, 3.63) is 65.3 Å². The van der Waals surface area contributed by atoms with E-state index in [0.29, 0.717) is 0 Å². The summed E-state index contributed by atoms with van der Waals surface area (Å²) in [5, 5.41) is 2.66. The van der Waals surface area contributed by atoms with E-state index in [1.54, 1.807) is 0 Å². The molecule has 0 fully saturated rings. The molecule has 0 unspecified atom stereocenters. The van der Waals surface area contributed by atoms with Gasteiger partial charge >= 0.3 is 26.2 Å². The van der Waals surface area contributed by atoms with E-state index < -0.39 is 0 Å². The average Bonchev–Trinajstić information content (AvgIpc) is 2.90. The molecule has 1 aliphatic rings. The molecule has 1 aliphatic carbocycles. The number of fused-ring (bicyclic) bond motifs is 1. The molecule has 0 radical (unpaired) electrons. The van der Waals surface area contributed by atoms with Gasteiger partial charge in [-0.05, 0) is 0 Å². The van der Waals surface area contributed by atoms with E-state index in [1.165, 1.54) is 27.5 Å². The average molecular weight is 413 g/mol. The maximum atomic E-state index is 3.44. The van der Waals surface area contributed by atoms with E-state index >= 15 is 0 Å². The third kappa shape index (κ3) is 5.45. The number of rotatable bonds is 0. The molecule has 0 spiro atoms. The second kappa shape index (κ2) is 9.81. The molecule has 3 heteroatoms. The van der Waals surface area contributed by atoms with Crippen LogP contribution in [0.15, 0.2) is 59.2 Å². The van der Waals surface area contributed by atoms with Gasteiger partial charge in [0.25, 0.3) is 0 Å². The summed E-state index contributed by atoms with van der Waals surface area (Å²) in [4.78, 5) is 0. The first kappa shape index (κ1) is 24.0. The molecule has 2 aromatic carbocycles. The van der Waals surface area contributed by atoms with Gasteiger partial charge in [0, 0.05) is 0 Å². The van der Waals surface area contributed by atoms with Gasteiger partial charge < -0.3 is 24.8 Å². The van der Waals surface area contributed by atoms with E-state index in [2.05, 4.69) is 83.2 Å². The molecular weight excluding hydrogens is 390 g/mol. The Morgan fingerprint density at radius 3 is 1.95 bits per heavy atom. The molecule has 118 valence electrons. The van der Waals surface area contributed by atoms with Crippen molar-refractivity contribution in [1.29, 1.82) is 0 Å². The fraction of sp³-hybridized carbons (Fsp3) is 0.316. The van der Waals surface area contributed by atoms with E-state index in [-0.39, 0.29) is 56.4 Å². The Labute approximate surface area is 166 Å². The molecule has 0 nitrogen and oxygen atoms in total. The monoisotopic (exact) mass is 410 g/mol. The summed E-state index contributed by atoms with van der Waals surface area (Å²) in [6.45, 7) is 10.9. The summed E-state index contributed by atoms with van der Waals surface area (Å²) >= 11 is 0. The van der Waals surface area contributed by atoms with Crippen LogP contribution in [0.5, 0.6) is 0 Å². The quantitative estimate of drug-likeness (QED) is 0.521. The first-order valence-electron chi connectivity index (χ1n) is 6.82. The largest absolute Gasteiger partial charge is 2.00 e. The van der Waals surface area contributed by atoms with Gasteiger partial charge in [-0.25, -0.2) is 5.57 Å². The summed E-state index contributed by atoms with van der Waals surface area (Å²) in [6.07, 6.45) is 3.44. The van der Waals surface area contributed by atoms with Gasteiger partial charge in [0.15, 0.2) is 0 Å². The molecule has 0 heterocycles. The zero-order chi connectivity index (χ0) is 14.0. The van der Waals surface area contributed by atoms with E-state index in [4.69, 9.17) is 0 Å². The topological polar surface area (TPSA) is 0 Å². The van der Waals surface area contributed by atoms with Crippen LogP contribution >= 0.6 is 0 Å². The molecule has 22 heavy (non-hydrogen) atoms. The van der Waals surface area contributed by atoms with E-state index in [9.17, 15) is 0 Å². The third-order valence-corrected chi connectivity index (χ3v) is 4.11. The summed E-state index contributed by atoms with van der Waals surface area (Å²) in [5.74, 6) is 0. The molecular formula is C19H22Cl2Zr-2. The second-order valence-corrected chi connectivity index (χ2v) is 5.78. The minimum absolute atomic E-state index is 0. The van der Waals surface area contributed by atoms with Crippen molar-refractivity contribution in [1.82, 2.24) is 0 Å². The van der Waals surface area contributed by atoms with Crippen LogP contribution in [0.2, 0.25) is 0 Å². The molecule has 0 amide bonds. The molecule has 0 saturated heterocycles. The van der Waals surface area contributed by atoms with Crippen molar-refractivity contribution < 1.29 is 51.0 Å². The molecule has 2 aromatic rings. The van der Waals surface area contributed by atoms with Crippen molar-refractivity contribution >= 4 is 10.8 Å². The van der Waals surface area contributed by atoms with Crippen LogP contribution in [-0.2, 0) is 26.2 Å². The number of hydrogen-bond donors (Lipinski definition) is 0. The fourth-order valence-electron chi connectivity index (χ4n) is 2.48. The van der Waals surface area contributed by atoms with Gasteiger partial charge in [-0.1, -0.05) is 39.2 Å². The van der Waals surface area contributed by atoms with Crippen molar-refractivity contribution in [3.63, 3.8) is 0 Å². The Bertz CT molecular complexity index is 618. The second-order valence-electron chi connectivity index (χ2n) is 5.78. The SMILES string of the molecule is CC1=[C-]C(C)(C)C(C)=C1C.[Cl-].[Cl-].[Zr+2].c1ccc2[cH-]ccc2c1. The molecule has 0 aromatic heterocycles. The fourth-order valence-corrected chi connectivity index (χ4v) is 2.48. The molecule has 0 bridgehead atoms. The summed E-state index contributed by atoms with van der Waals surface area (Å²) < 4.78 is 0. The van der Waals surface area contributed by atoms with E-state index in [1.807, 2.05) is 0 Å². The van der Waals surface area contributed by atoms with Gasteiger partial charge in [-0.3, -0.25) is 6.08 Å². The summed E-state index contributed by atoms with van der Waals surface area (Å²) in [7, 11) is 0. The van der Waals surface area contributed by atoms with Crippen LogP contribution in [0, 0.1) is 11.5 Å². The standard InChI is InChI=1S/C10H15.C9H7.2ClH.Zr/c1-7-6-10(4,5)9(3)8(7)2;1-2-5-9-7-3-6-8(9)4-1;;;/h1-5H3;1-7H;2*1H;/q2*-1;;;+2/p-2. The van der Waals surface area contributed by atoms with Gasteiger partial charge in [0.2, 0.25) is 0 Å². The number of halogens is 2.